The van der Waals surface area contributed by atoms with Crippen LogP contribution in [0.15, 0.2) is 58.5 Å². The van der Waals surface area contributed by atoms with Crippen molar-refractivity contribution in [3.63, 3.8) is 0 Å². The van der Waals surface area contributed by atoms with Crippen molar-refractivity contribution in [3.8, 4) is 5.75 Å². The zero-order chi connectivity index (χ0) is 18.6. The molecule has 0 bridgehead atoms. The molecule has 0 aliphatic heterocycles. The van der Waals surface area contributed by atoms with Crippen molar-refractivity contribution in [1.29, 1.82) is 0 Å². The van der Waals surface area contributed by atoms with Crippen LogP contribution in [0.1, 0.15) is 10.6 Å². The molecule has 0 radical (unpaired) electrons. The highest BCUT2D eigenvalue weighted by atomic mass is 35.5. The van der Waals surface area contributed by atoms with Gasteiger partial charge in [-0.05, 0) is 41.8 Å². The lowest BCUT2D eigenvalue weighted by Gasteiger charge is -2.25. The summed E-state index contributed by atoms with van der Waals surface area (Å²) in [5, 5.41) is 18.8. The van der Waals surface area contributed by atoms with Gasteiger partial charge in [0.05, 0.1) is 25.6 Å². The molecule has 2 amide bonds. The minimum atomic E-state index is -1.46. The SMILES string of the molecule is COc1ccc(Cl)cc1NC(=O)NCC(O)(c1ccco1)c1cccs1. The fourth-order valence-electron chi connectivity index (χ4n) is 2.48. The van der Waals surface area contributed by atoms with Gasteiger partial charge < -0.3 is 24.9 Å². The van der Waals surface area contributed by atoms with E-state index in [9.17, 15) is 9.90 Å². The summed E-state index contributed by atoms with van der Waals surface area (Å²) in [6.07, 6.45) is 1.48. The van der Waals surface area contributed by atoms with E-state index >= 15 is 0 Å². The Kier molecular flexibility index (Phi) is 5.51. The third kappa shape index (κ3) is 3.85. The lowest BCUT2D eigenvalue weighted by molar-refractivity contribution is 0.0628. The van der Waals surface area contributed by atoms with Crippen LogP contribution >= 0.6 is 22.9 Å². The third-order valence-corrected chi connectivity index (χ3v) is 5.03. The Morgan fingerprint density at radius 3 is 2.85 bits per heavy atom. The zero-order valence-corrected chi connectivity index (χ0v) is 15.4. The molecule has 136 valence electrons. The Morgan fingerprint density at radius 1 is 1.35 bits per heavy atom. The van der Waals surface area contributed by atoms with Gasteiger partial charge in [0, 0.05) is 9.90 Å². The fraction of sp³-hybridized carbons (Fsp3) is 0.167. The summed E-state index contributed by atoms with van der Waals surface area (Å²) in [5.74, 6) is 0.824. The van der Waals surface area contributed by atoms with E-state index in [1.165, 1.54) is 24.7 Å². The second-order valence-corrected chi connectivity index (χ2v) is 6.85. The number of hydrogen-bond acceptors (Lipinski definition) is 5. The summed E-state index contributed by atoms with van der Waals surface area (Å²) in [4.78, 5) is 13.0. The van der Waals surface area contributed by atoms with E-state index in [0.717, 1.165) is 0 Å². The molecular weight excluding hydrogens is 376 g/mol. The number of hydrogen-bond donors (Lipinski definition) is 3. The van der Waals surface area contributed by atoms with E-state index in [4.69, 9.17) is 20.8 Å². The monoisotopic (exact) mass is 392 g/mol. The van der Waals surface area contributed by atoms with Crippen molar-refractivity contribution in [2.24, 2.45) is 0 Å². The molecular formula is C18H17ClN2O4S. The van der Waals surface area contributed by atoms with Gasteiger partial charge in [0.15, 0.2) is 5.60 Å². The zero-order valence-electron chi connectivity index (χ0n) is 13.9. The molecule has 0 saturated heterocycles. The number of anilines is 1. The molecule has 1 aromatic carbocycles. The van der Waals surface area contributed by atoms with Crippen LogP contribution in [-0.2, 0) is 5.60 Å². The topological polar surface area (TPSA) is 83.7 Å². The molecule has 0 fully saturated rings. The number of benzene rings is 1. The maximum Gasteiger partial charge on any atom is 0.319 e. The highest BCUT2D eigenvalue weighted by Crippen LogP contribution is 2.33. The molecule has 26 heavy (non-hydrogen) atoms. The molecule has 3 aromatic rings. The van der Waals surface area contributed by atoms with E-state index < -0.39 is 11.6 Å². The molecule has 8 heteroatoms. The Morgan fingerprint density at radius 2 is 2.19 bits per heavy atom. The summed E-state index contributed by atoms with van der Waals surface area (Å²) in [6, 6.07) is 11.4. The standard InChI is InChI=1S/C18H17ClN2O4S/c1-24-14-7-6-12(19)10-13(14)21-17(22)20-11-18(23,15-4-2-8-25-15)16-5-3-9-26-16/h2-10,23H,11H2,1H3,(H2,20,21,22). The highest BCUT2D eigenvalue weighted by molar-refractivity contribution is 7.10. The van der Waals surface area contributed by atoms with Crippen LogP contribution in [0, 0.1) is 0 Å². The summed E-state index contributed by atoms with van der Waals surface area (Å²) >= 11 is 7.34. The maximum atomic E-state index is 12.3. The van der Waals surface area contributed by atoms with Gasteiger partial charge in [0.1, 0.15) is 11.5 Å². The molecule has 2 heterocycles. The summed E-state index contributed by atoms with van der Waals surface area (Å²) in [7, 11) is 1.50. The summed E-state index contributed by atoms with van der Waals surface area (Å²) in [5.41, 5.74) is -1.04. The highest BCUT2D eigenvalue weighted by Gasteiger charge is 2.36. The Balaban J connectivity index is 1.74. The Hall–Kier alpha value is -2.48. The first-order valence-corrected chi connectivity index (χ1v) is 8.97. The van der Waals surface area contributed by atoms with E-state index in [2.05, 4.69) is 10.6 Å². The second-order valence-electron chi connectivity index (χ2n) is 5.47. The predicted molar refractivity (Wildman–Crippen MR) is 101 cm³/mol. The van der Waals surface area contributed by atoms with Gasteiger partial charge in [-0.15, -0.1) is 11.3 Å². The molecule has 0 aliphatic carbocycles. The minimum absolute atomic E-state index is 0.0737. The van der Waals surface area contributed by atoms with Crippen molar-refractivity contribution in [2.75, 3.05) is 19.0 Å². The lowest BCUT2D eigenvalue weighted by Crippen LogP contribution is -2.42. The van der Waals surface area contributed by atoms with E-state index in [0.29, 0.717) is 27.1 Å². The van der Waals surface area contributed by atoms with Crippen molar-refractivity contribution in [3.05, 3.63) is 69.8 Å². The number of rotatable bonds is 6. The van der Waals surface area contributed by atoms with Gasteiger partial charge in [-0.3, -0.25) is 0 Å². The lowest BCUT2D eigenvalue weighted by atomic mass is 9.99. The van der Waals surface area contributed by atoms with Crippen LogP contribution in [0.5, 0.6) is 5.75 Å². The van der Waals surface area contributed by atoms with Crippen LogP contribution in [0.3, 0.4) is 0 Å². The normalized spacial score (nSPS) is 13.0. The predicted octanol–water partition coefficient (Wildman–Crippen LogP) is 4.06. The van der Waals surface area contributed by atoms with Crippen molar-refractivity contribution >= 4 is 34.7 Å². The molecule has 0 saturated carbocycles. The number of methoxy groups -OCH3 is 1. The molecule has 2 aromatic heterocycles. The molecule has 1 atom stereocenters. The quantitative estimate of drug-likeness (QED) is 0.590. The fourth-order valence-corrected chi connectivity index (χ4v) is 3.48. The largest absolute Gasteiger partial charge is 0.495 e. The van der Waals surface area contributed by atoms with Gasteiger partial charge in [-0.25, -0.2) is 4.79 Å². The molecule has 6 nitrogen and oxygen atoms in total. The smallest absolute Gasteiger partial charge is 0.319 e. The van der Waals surface area contributed by atoms with Crippen molar-refractivity contribution in [2.45, 2.75) is 5.60 Å². The first-order valence-electron chi connectivity index (χ1n) is 7.71. The van der Waals surface area contributed by atoms with Crippen molar-refractivity contribution < 1.29 is 19.1 Å². The number of amides is 2. The second kappa shape index (κ2) is 7.82. The van der Waals surface area contributed by atoms with E-state index in [1.54, 1.807) is 36.4 Å². The molecule has 1 unspecified atom stereocenters. The van der Waals surface area contributed by atoms with Crippen LogP contribution in [-0.4, -0.2) is 24.8 Å². The number of urea groups is 1. The van der Waals surface area contributed by atoms with E-state index in [1.807, 2.05) is 11.4 Å². The Labute approximate surface area is 159 Å². The van der Waals surface area contributed by atoms with Gasteiger partial charge in [0.25, 0.3) is 0 Å². The Bertz CT molecular complexity index is 831. The first kappa shape index (κ1) is 18.3. The average molecular weight is 393 g/mol. The number of halogens is 1. The number of nitrogens with one attached hydrogen (secondary N) is 2. The van der Waals surface area contributed by atoms with E-state index in [-0.39, 0.29) is 6.54 Å². The number of ether oxygens (including phenoxy) is 1. The van der Waals surface area contributed by atoms with Crippen LogP contribution in [0.4, 0.5) is 10.5 Å². The van der Waals surface area contributed by atoms with Gasteiger partial charge >= 0.3 is 6.03 Å². The number of carbonyl (C=O) groups is 1. The molecule has 3 N–H and O–H groups in total. The molecule has 0 aliphatic rings. The van der Waals surface area contributed by atoms with Crippen LogP contribution in [0.2, 0.25) is 5.02 Å². The average Bonchev–Trinajstić information content (AvgIpc) is 3.33. The number of carbonyl (C=O) groups excluding carboxylic acids is 1. The van der Waals surface area contributed by atoms with Crippen molar-refractivity contribution in [1.82, 2.24) is 5.32 Å². The summed E-state index contributed by atoms with van der Waals surface area (Å²) in [6.45, 7) is -0.0737. The molecule has 0 spiro atoms. The number of aliphatic hydroxyl groups is 1. The molecule has 3 rings (SSSR count). The maximum absolute atomic E-state index is 12.3. The summed E-state index contributed by atoms with van der Waals surface area (Å²) < 4.78 is 10.6. The number of thiophene rings is 1. The van der Waals surface area contributed by atoms with Gasteiger partial charge in [-0.1, -0.05) is 17.7 Å². The number of furan rings is 1. The van der Waals surface area contributed by atoms with Crippen LogP contribution < -0.4 is 15.4 Å². The third-order valence-electron chi connectivity index (χ3n) is 3.77. The first-order chi connectivity index (χ1) is 12.5. The van der Waals surface area contributed by atoms with Gasteiger partial charge in [-0.2, -0.15) is 0 Å². The van der Waals surface area contributed by atoms with Crippen LogP contribution in [0.25, 0.3) is 0 Å². The minimum Gasteiger partial charge on any atom is -0.495 e. The van der Waals surface area contributed by atoms with Gasteiger partial charge in [0.2, 0.25) is 0 Å².